The van der Waals surface area contributed by atoms with Crippen LogP contribution in [0.2, 0.25) is 0 Å². The largest absolute Gasteiger partial charge is 0.489 e. The summed E-state index contributed by atoms with van der Waals surface area (Å²) in [6, 6.07) is 5.47. The number of urea groups is 1. The van der Waals surface area contributed by atoms with Gasteiger partial charge in [0.1, 0.15) is 12.4 Å². The number of hydrogen-bond donors (Lipinski definition) is 2. The maximum Gasteiger partial charge on any atom is 0.319 e. The van der Waals surface area contributed by atoms with Crippen LogP contribution in [-0.2, 0) is 4.74 Å². The van der Waals surface area contributed by atoms with Crippen LogP contribution in [0.1, 0.15) is 25.8 Å². The standard InChI is InChI=1S/C16H26N2O3/c1-12(2)7-8-17-16(19)18-14-6-5-13(3)11-15(14)21-10-9-20-4/h5-6,11-12H,7-10H2,1-4H3,(H2,17,18,19). The van der Waals surface area contributed by atoms with Crippen molar-refractivity contribution in [3.8, 4) is 5.75 Å². The quantitative estimate of drug-likeness (QED) is 0.724. The number of carbonyl (C=O) groups excluding carboxylic acids is 1. The second-order valence-electron chi connectivity index (χ2n) is 5.40. The molecule has 0 bridgehead atoms. The number of amides is 2. The second kappa shape index (κ2) is 9.23. The maximum absolute atomic E-state index is 11.9. The van der Waals surface area contributed by atoms with Crippen molar-refractivity contribution in [3.05, 3.63) is 23.8 Å². The Morgan fingerprint density at radius 3 is 2.71 bits per heavy atom. The molecule has 0 unspecified atom stereocenters. The average molecular weight is 294 g/mol. The van der Waals surface area contributed by atoms with Crippen LogP contribution in [0, 0.1) is 12.8 Å². The van der Waals surface area contributed by atoms with E-state index in [1.54, 1.807) is 7.11 Å². The van der Waals surface area contributed by atoms with Crippen molar-refractivity contribution in [3.63, 3.8) is 0 Å². The Morgan fingerprint density at radius 1 is 1.29 bits per heavy atom. The van der Waals surface area contributed by atoms with Crippen molar-refractivity contribution in [1.82, 2.24) is 5.32 Å². The molecule has 21 heavy (non-hydrogen) atoms. The van der Waals surface area contributed by atoms with E-state index in [0.29, 0.717) is 37.1 Å². The molecule has 2 N–H and O–H groups in total. The highest BCUT2D eigenvalue weighted by atomic mass is 16.5. The van der Waals surface area contributed by atoms with Gasteiger partial charge in [0.05, 0.1) is 12.3 Å². The molecule has 0 aromatic heterocycles. The van der Waals surface area contributed by atoms with Gasteiger partial charge in [-0.25, -0.2) is 4.79 Å². The number of carbonyl (C=O) groups is 1. The molecule has 0 aliphatic heterocycles. The first-order chi connectivity index (χ1) is 10.0. The molecule has 0 aliphatic carbocycles. The predicted molar refractivity (Wildman–Crippen MR) is 85.0 cm³/mol. The molecule has 1 aromatic rings. The van der Waals surface area contributed by atoms with Gasteiger partial charge in [-0.05, 0) is 37.0 Å². The van der Waals surface area contributed by atoms with E-state index < -0.39 is 0 Å². The molecule has 2 amide bonds. The van der Waals surface area contributed by atoms with Crippen molar-refractivity contribution >= 4 is 11.7 Å². The summed E-state index contributed by atoms with van der Waals surface area (Å²) in [5.74, 6) is 1.23. The molecule has 1 rings (SSSR count). The minimum Gasteiger partial charge on any atom is -0.489 e. The van der Waals surface area contributed by atoms with Crippen molar-refractivity contribution in [2.24, 2.45) is 5.92 Å². The molecule has 0 aliphatic rings. The summed E-state index contributed by atoms with van der Waals surface area (Å²) in [4.78, 5) is 11.9. The van der Waals surface area contributed by atoms with Gasteiger partial charge in [0.15, 0.2) is 0 Å². The van der Waals surface area contributed by atoms with Crippen molar-refractivity contribution in [2.45, 2.75) is 27.2 Å². The number of methoxy groups -OCH3 is 1. The Balaban J connectivity index is 2.57. The monoisotopic (exact) mass is 294 g/mol. The topological polar surface area (TPSA) is 59.6 Å². The lowest BCUT2D eigenvalue weighted by Crippen LogP contribution is -2.30. The van der Waals surface area contributed by atoms with E-state index in [1.165, 1.54) is 0 Å². The van der Waals surface area contributed by atoms with E-state index in [-0.39, 0.29) is 6.03 Å². The highest BCUT2D eigenvalue weighted by Gasteiger charge is 2.08. The van der Waals surface area contributed by atoms with Gasteiger partial charge in [-0.2, -0.15) is 0 Å². The third-order valence-electron chi connectivity index (χ3n) is 2.94. The summed E-state index contributed by atoms with van der Waals surface area (Å²) in [5, 5.41) is 5.66. The molecule has 5 nitrogen and oxygen atoms in total. The molecule has 0 saturated carbocycles. The minimum absolute atomic E-state index is 0.212. The van der Waals surface area contributed by atoms with Gasteiger partial charge in [0.2, 0.25) is 0 Å². The molecule has 1 aromatic carbocycles. The van der Waals surface area contributed by atoms with E-state index in [2.05, 4.69) is 24.5 Å². The number of rotatable bonds is 8. The SMILES string of the molecule is COCCOc1cc(C)ccc1NC(=O)NCCC(C)C. The second-order valence-corrected chi connectivity index (χ2v) is 5.40. The van der Waals surface area contributed by atoms with Crippen LogP contribution in [0.3, 0.4) is 0 Å². The van der Waals surface area contributed by atoms with Gasteiger partial charge in [-0.15, -0.1) is 0 Å². The zero-order chi connectivity index (χ0) is 15.7. The molecule has 0 fully saturated rings. The van der Waals surface area contributed by atoms with Crippen LogP contribution in [0.5, 0.6) is 5.75 Å². The Bertz CT molecular complexity index is 447. The molecular weight excluding hydrogens is 268 g/mol. The fraction of sp³-hybridized carbons (Fsp3) is 0.562. The fourth-order valence-corrected chi connectivity index (χ4v) is 1.73. The zero-order valence-corrected chi connectivity index (χ0v) is 13.4. The zero-order valence-electron chi connectivity index (χ0n) is 13.4. The van der Waals surface area contributed by atoms with Gasteiger partial charge >= 0.3 is 6.03 Å². The van der Waals surface area contributed by atoms with Crippen LogP contribution in [0.25, 0.3) is 0 Å². The first-order valence-electron chi connectivity index (χ1n) is 7.30. The highest BCUT2D eigenvalue weighted by molar-refractivity contribution is 5.90. The normalized spacial score (nSPS) is 10.5. The Hall–Kier alpha value is -1.75. The minimum atomic E-state index is -0.212. The van der Waals surface area contributed by atoms with E-state index in [9.17, 15) is 4.79 Å². The molecule has 0 heterocycles. The lowest BCUT2D eigenvalue weighted by atomic mass is 10.1. The van der Waals surface area contributed by atoms with Crippen LogP contribution >= 0.6 is 0 Å². The number of hydrogen-bond acceptors (Lipinski definition) is 3. The van der Waals surface area contributed by atoms with Gasteiger partial charge in [-0.3, -0.25) is 0 Å². The third-order valence-corrected chi connectivity index (χ3v) is 2.94. The van der Waals surface area contributed by atoms with Crippen LogP contribution in [0.4, 0.5) is 10.5 Å². The van der Waals surface area contributed by atoms with E-state index in [4.69, 9.17) is 9.47 Å². The summed E-state index contributed by atoms with van der Waals surface area (Å²) in [7, 11) is 1.63. The number of anilines is 1. The summed E-state index contributed by atoms with van der Waals surface area (Å²) in [6.45, 7) is 7.85. The van der Waals surface area contributed by atoms with Crippen molar-refractivity contribution < 1.29 is 14.3 Å². The molecular formula is C16H26N2O3. The predicted octanol–water partition coefficient (Wildman–Crippen LogP) is 3.19. The van der Waals surface area contributed by atoms with Crippen LogP contribution in [0.15, 0.2) is 18.2 Å². The lowest BCUT2D eigenvalue weighted by Gasteiger charge is -2.14. The van der Waals surface area contributed by atoms with Gasteiger partial charge in [0.25, 0.3) is 0 Å². The molecule has 5 heteroatoms. The molecule has 118 valence electrons. The van der Waals surface area contributed by atoms with E-state index in [0.717, 1.165) is 12.0 Å². The molecule has 0 radical (unpaired) electrons. The fourth-order valence-electron chi connectivity index (χ4n) is 1.73. The van der Waals surface area contributed by atoms with Crippen molar-refractivity contribution in [1.29, 1.82) is 0 Å². The lowest BCUT2D eigenvalue weighted by molar-refractivity contribution is 0.146. The first-order valence-corrected chi connectivity index (χ1v) is 7.30. The molecule has 0 atom stereocenters. The number of benzene rings is 1. The van der Waals surface area contributed by atoms with Crippen LogP contribution in [-0.4, -0.2) is 32.9 Å². The summed E-state index contributed by atoms with van der Waals surface area (Å²) in [6.07, 6.45) is 0.957. The Morgan fingerprint density at radius 2 is 2.05 bits per heavy atom. The van der Waals surface area contributed by atoms with Crippen LogP contribution < -0.4 is 15.4 Å². The third kappa shape index (κ3) is 6.99. The average Bonchev–Trinajstić information content (AvgIpc) is 2.41. The first kappa shape index (κ1) is 17.3. The maximum atomic E-state index is 11.9. The van der Waals surface area contributed by atoms with E-state index >= 15 is 0 Å². The summed E-state index contributed by atoms with van der Waals surface area (Å²) >= 11 is 0. The summed E-state index contributed by atoms with van der Waals surface area (Å²) < 4.78 is 10.6. The van der Waals surface area contributed by atoms with Crippen molar-refractivity contribution in [2.75, 3.05) is 32.2 Å². The molecule has 0 spiro atoms. The number of nitrogens with one attached hydrogen (secondary N) is 2. The Labute approximate surface area is 127 Å². The number of ether oxygens (including phenoxy) is 2. The van der Waals surface area contributed by atoms with Gasteiger partial charge < -0.3 is 20.1 Å². The van der Waals surface area contributed by atoms with Gasteiger partial charge in [-0.1, -0.05) is 19.9 Å². The summed E-state index contributed by atoms with van der Waals surface area (Å²) in [5.41, 5.74) is 1.74. The van der Waals surface area contributed by atoms with E-state index in [1.807, 2.05) is 25.1 Å². The molecule has 0 saturated heterocycles. The number of aryl methyl sites for hydroxylation is 1. The highest BCUT2D eigenvalue weighted by Crippen LogP contribution is 2.25. The Kier molecular flexibility index (Phi) is 7.61. The smallest absolute Gasteiger partial charge is 0.319 e. The van der Waals surface area contributed by atoms with Gasteiger partial charge in [0, 0.05) is 13.7 Å².